The van der Waals surface area contributed by atoms with E-state index in [0.29, 0.717) is 16.9 Å². The first-order chi connectivity index (χ1) is 14.2. The summed E-state index contributed by atoms with van der Waals surface area (Å²) in [6.45, 7) is -0.377. The van der Waals surface area contributed by atoms with Crippen molar-refractivity contribution in [2.24, 2.45) is 5.92 Å². The molecule has 0 aliphatic heterocycles. The van der Waals surface area contributed by atoms with Crippen LogP contribution in [-0.4, -0.2) is 57.8 Å². The van der Waals surface area contributed by atoms with Crippen LogP contribution in [0.3, 0.4) is 0 Å². The van der Waals surface area contributed by atoms with E-state index in [2.05, 4.69) is 4.74 Å². The molecular formula is C21H23F3O6. The van der Waals surface area contributed by atoms with Crippen molar-refractivity contribution in [1.82, 2.24) is 0 Å². The van der Waals surface area contributed by atoms with Crippen molar-refractivity contribution in [3.63, 3.8) is 0 Å². The number of rotatable bonds is 6. The summed E-state index contributed by atoms with van der Waals surface area (Å²) in [7, 11) is 0. The second-order valence-electron chi connectivity index (χ2n) is 7.29. The number of para-hydroxylation sites is 1. The number of hydrogen-bond acceptors (Lipinski definition) is 6. The monoisotopic (exact) mass is 428 g/mol. The van der Waals surface area contributed by atoms with Crippen LogP contribution in [0.5, 0.6) is 11.5 Å². The Morgan fingerprint density at radius 2 is 1.67 bits per heavy atom. The topological polar surface area (TPSA) is 99.4 Å². The quantitative estimate of drug-likeness (QED) is 0.562. The zero-order chi connectivity index (χ0) is 21.9. The van der Waals surface area contributed by atoms with Crippen LogP contribution in [0.25, 0.3) is 0 Å². The fourth-order valence-electron chi connectivity index (χ4n) is 3.58. The highest BCUT2D eigenvalue weighted by Gasteiger charge is 2.43. The number of aliphatic hydroxyl groups is 4. The fourth-order valence-corrected chi connectivity index (χ4v) is 3.58. The van der Waals surface area contributed by atoms with Crippen LogP contribution in [0.4, 0.5) is 13.2 Å². The minimum atomic E-state index is -4.79. The lowest BCUT2D eigenvalue weighted by Crippen LogP contribution is -2.56. The number of ether oxygens (including phenoxy) is 2. The lowest BCUT2D eigenvalue weighted by Gasteiger charge is -2.39. The normalized spacial score (nSPS) is 27.0. The Balaban J connectivity index is 1.78. The molecule has 0 bridgehead atoms. The Morgan fingerprint density at radius 3 is 2.37 bits per heavy atom. The van der Waals surface area contributed by atoms with E-state index < -0.39 is 36.7 Å². The third-order valence-electron chi connectivity index (χ3n) is 5.11. The van der Waals surface area contributed by atoms with Crippen LogP contribution in [0.2, 0.25) is 0 Å². The highest BCUT2D eigenvalue weighted by atomic mass is 19.4. The van der Waals surface area contributed by atoms with Crippen LogP contribution < -0.4 is 9.47 Å². The second kappa shape index (κ2) is 9.22. The minimum Gasteiger partial charge on any atom is -0.487 e. The maximum Gasteiger partial charge on any atom is 0.573 e. The van der Waals surface area contributed by atoms with E-state index in [1.807, 2.05) is 0 Å². The lowest BCUT2D eigenvalue weighted by molar-refractivity contribution is -0.274. The molecule has 3 rings (SSSR count). The number of hydrogen-bond donors (Lipinski definition) is 4. The van der Waals surface area contributed by atoms with Gasteiger partial charge in [-0.1, -0.05) is 30.3 Å². The highest BCUT2D eigenvalue weighted by Crippen LogP contribution is 2.32. The van der Waals surface area contributed by atoms with Crippen LogP contribution in [-0.2, 0) is 6.42 Å². The van der Waals surface area contributed by atoms with Gasteiger partial charge >= 0.3 is 6.36 Å². The molecule has 164 valence electrons. The molecule has 2 aromatic rings. The Bertz CT molecular complexity index is 841. The molecule has 0 radical (unpaired) electrons. The predicted molar refractivity (Wildman–Crippen MR) is 100 cm³/mol. The van der Waals surface area contributed by atoms with E-state index in [-0.39, 0.29) is 25.2 Å². The maximum absolute atomic E-state index is 12.5. The fraction of sp³-hybridized carbons (Fsp3) is 0.429. The van der Waals surface area contributed by atoms with Gasteiger partial charge in [-0.25, -0.2) is 0 Å². The molecule has 1 saturated carbocycles. The first-order valence-electron chi connectivity index (χ1n) is 9.42. The van der Waals surface area contributed by atoms with Crippen LogP contribution in [0.1, 0.15) is 17.5 Å². The summed E-state index contributed by atoms with van der Waals surface area (Å²) in [6.07, 6.45) is -9.39. The second-order valence-corrected chi connectivity index (χ2v) is 7.29. The largest absolute Gasteiger partial charge is 0.573 e. The molecule has 5 atom stereocenters. The van der Waals surface area contributed by atoms with Crippen LogP contribution >= 0.6 is 0 Å². The van der Waals surface area contributed by atoms with E-state index in [1.165, 1.54) is 18.2 Å². The molecule has 0 aromatic heterocycles. The first-order valence-corrected chi connectivity index (χ1v) is 9.42. The van der Waals surface area contributed by atoms with Gasteiger partial charge in [-0.3, -0.25) is 0 Å². The summed E-state index contributed by atoms with van der Waals surface area (Å²) >= 11 is 0. The van der Waals surface area contributed by atoms with Crippen LogP contribution in [0.15, 0.2) is 48.5 Å². The highest BCUT2D eigenvalue weighted by molar-refractivity contribution is 5.39. The van der Waals surface area contributed by atoms with Crippen molar-refractivity contribution in [2.45, 2.75) is 43.6 Å². The van der Waals surface area contributed by atoms with Gasteiger partial charge in [0.05, 0.1) is 6.10 Å². The number of halogens is 3. The molecule has 0 heterocycles. The molecule has 0 unspecified atom stereocenters. The zero-order valence-electron chi connectivity index (χ0n) is 15.9. The van der Waals surface area contributed by atoms with Crippen molar-refractivity contribution in [3.05, 3.63) is 59.7 Å². The molecule has 0 amide bonds. The molecule has 0 spiro atoms. The maximum atomic E-state index is 12.5. The predicted octanol–water partition coefficient (Wildman–Crippen LogP) is 2.02. The molecule has 2 aromatic carbocycles. The Labute approximate surface area is 171 Å². The van der Waals surface area contributed by atoms with Gasteiger partial charge in [-0.05, 0) is 35.7 Å². The standard InChI is InChI=1S/C21H23F3O6/c22-21(23,24)30-15-6-3-4-12(9-15)8-13-5-1-2-7-16(13)29-17-10-14(11-25)18(26)20(28)19(17)27/h1-7,9,14,17-20,25-28H,8,10-11H2/t14-,17-,18-,19+,20+/m1/s1. The summed E-state index contributed by atoms with van der Waals surface area (Å²) in [4.78, 5) is 0. The van der Waals surface area contributed by atoms with E-state index in [9.17, 15) is 33.6 Å². The molecular weight excluding hydrogens is 405 g/mol. The summed E-state index contributed by atoms with van der Waals surface area (Å²) < 4.78 is 47.2. The van der Waals surface area contributed by atoms with Gasteiger partial charge in [-0.15, -0.1) is 13.2 Å². The van der Waals surface area contributed by atoms with Crippen molar-refractivity contribution in [1.29, 1.82) is 0 Å². The van der Waals surface area contributed by atoms with Crippen molar-refractivity contribution in [2.75, 3.05) is 6.61 Å². The first kappa shape index (κ1) is 22.4. The van der Waals surface area contributed by atoms with Gasteiger partial charge in [0.15, 0.2) is 0 Å². The smallest absolute Gasteiger partial charge is 0.487 e. The third-order valence-corrected chi connectivity index (χ3v) is 5.11. The molecule has 1 aliphatic rings. The van der Waals surface area contributed by atoms with Gasteiger partial charge in [-0.2, -0.15) is 0 Å². The minimum absolute atomic E-state index is 0.124. The van der Waals surface area contributed by atoms with Crippen molar-refractivity contribution < 1.29 is 43.1 Å². The molecule has 4 N–H and O–H groups in total. The lowest BCUT2D eigenvalue weighted by atomic mass is 9.81. The Kier molecular flexibility index (Phi) is 6.87. The molecule has 30 heavy (non-hydrogen) atoms. The number of alkyl halides is 3. The molecule has 0 saturated heterocycles. The zero-order valence-corrected chi connectivity index (χ0v) is 15.9. The molecule has 6 nitrogen and oxygen atoms in total. The van der Waals surface area contributed by atoms with E-state index in [1.54, 1.807) is 30.3 Å². The van der Waals surface area contributed by atoms with Crippen molar-refractivity contribution >= 4 is 0 Å². The molecule has 9 heteroatoms. The number of aliphatic hydroxyl groups excluding tert-OH is 4. The Hall–Kier alpha value is -2.33. The summed E-state index contributed by atoms with van der Waals surface area (Å²) in [5.74, 6) is -0.607. The van der Waals surface area contributed by atoms with Crippen LogP contribution in [0, 0.1) is 5.92 Å². The average Bonchev–Trinajstić information content (AvgIpc) is 2.69. The summed E-state index contributed by atoms with van der Waals surface area (Å²) in [5, 5.41) is 39.6. The van der Waals surface area contributed by atoms with Gasteiger partial charge in [0, 0.05) is 18.9 Å². The van der Waals surface area contributed by atoms with Crippen molar-refractivity contribution in [3.8, 4) is 11.5 Å². The summed E-state index contributed by atoms with van der Waals surface area (Å²) in [6, 6.07) is 12.4. The SMILES string of the molecule is OC[C@H]1C[C@@H](Oc2ccccc2Cc2cccc(OC(F)(F)F)c2)[C@H](O)[C@@H](O)[C@@H]1O. The van der Waals surface area contributed by atoms with Gasteiger partial charge in [0.1, 0.15) is 29.8 Å². The molecule has 1 fully saturated rings. The van der Waals surface area contributed by atoms with Gasteiger partial charge in [0.2, 0.25) is 0 Å². The van der Waals surface area contributed by atoms with E-state index in [4.69, 9.17) is 4.74 Å². The van der Waals surface area contributed by atoms with Gasteiger partial charge in [0.25, 0.3) is 0 Å². The van der Waals surface area contributed by atoms with E-state index >= 15 is 0 Å². The summed E-state index contributed by atoms with van der Waals surface area (Å²) in [5.41, 5.74) is 1.20. The van der Waals surface area contributed by atoms with E-state index in [0.717, 1.165) is 0 Å². The van der Waals surface area contributed by atoms with Gasteiger partial charge < -0.3 is 29.9 Å². The average molecular weight is 428 g/mol. The molecule has 1 aliphatic carbocycles. The third kappa shape index (κ3) is 5.42. The number of benzene rings is 2. The Morgan fingerprint density at radius 1 is 0.933 bits per heavy atom.